The number of hydrogen-bond acceptors (Lipinski definition) is 7. The molecule has 11 heteroatoms. The van der Waals surface area contributed by atoms with E-state index < -0.39 is 28.5 Å². The van der Waals surface area contributed by atoms with Gasteiger partial charge in [0.05, 0.1) is 10.6 Å². The van der Waals surface area contributed by atoms with Crippen molar-refractivity contribution in [2.75, 3.05) is 11.9 Å². The first kappa shape index (κ1) is 21.9. The monoisotopic (exact) mass is 465 g/mol. The molecule has 0 radical (unpaired) electrons. The van der Waals surface area contributed by atoms with Gasteiger partial charge < -0.3 is 10.1 Å². The maximum absolute atomic E-state index is 12.3. The number of aryl methyl sites for hydroxylation is 1. The molecule has 0 fully saturated rings. The summed E-state index contributed by atoms with van der Waals surface area (Å²) in [4.78, 5) is 28.9. The zero-order chi connectivity index (χ0) is 21.9. The van der Waals surface area contributed by atoms with Crippen LogP contribution in [0.15, 0.2) is 53.4 Å². The highest BCUT2D eigenvalue weighted by molar-refractivity contribution is 7.89. The molecule has 0 aliphatic heterocycles. The quantitative estimate of drug-likeness (QED) is 0.538. The van der Waals surface area contributed by atoms with Crippen LogP contribution in [0.2, 0.25) is 5.02 Å². The van der Waals surface area contributed by atoms with E-state index in [-0.39, 0.29) is 4.90 Å². The second kappa shape index (κ2) is 8.92. The van der Waals surface area contributed by atoms with Crippen molar-refractivity contribution in [3.8, 4) is 10.6 Å². The van der Waals surface area contributed by atoms with Crippen molar-refractivity contribution in [3.05, 3.63) is 64.1 Å². The highest BCUT2D eigenvalue weighted by atomic mass is 35.5. The van der Waals surface area contributed by atoms with E-state index in [4.69, 9.17) is 21.5 Å². The SMILES string of the molecule is Cc1nc(-c2ccc(Cl)cc2)sc1C(=O)OCC(=O)Nc1ccc(S(N)(=O)=O)cc1. The molecule has 0 aliphatic carbocycles. The third-order valence-corrected chi connectivity index (χ3v) is 6.24. The molecule has 3 N–H and O–H groups in total. The smallest absolute Gasteiger partial charge is 0.350 e. The number of carbonyl (C=O) groups excluding carboxylic acids is 2. The van der Waals surface area contributed by atoms with Gasteiger partial charge in [0.2, 0.25) is 10.0 Å². The van der Waals surface area contributed by atoms with E-state index in [1.165, 1.54) is 24.3 Å². The second-order valence-electron chi connectivity index (χ2n) is 6.13. The fourth-order valence-corrected chi connectivity index (χ4v) is 4.03. The highest BCUT2D eigenvalue weighted by Gasteiger charge is 2.19. The number of benzene rings is 2. The van der Waals surface area contributed by atoms with Crippen molar-refractivity contribution in [1.29, 1.82) is 0 Å². The lowest BCUT2D eigenvalue weighted by Crippen LogP contribution is -2.21. The van der Waals surface area contributed by atoms with Gasteiger partial charge in [0.15, 0.2) is 6.61 Å². The van der Waals surface area contributed by atoms with Gasteiger partial charge in [-0.1, -0.05) is 23.7 Å². The van der Waals surface area contributed by atoms with Crippen molar-refractivity contribution >= 4 is 50.5 Å². The average molecular weight is 466 g/mol. The summed E-state index contributed by atoms with van der Waals surface area (Å²) in [5.41, 5.74) is 1.64. The summed E-state index contributed by atoms with van der Waals surface area (Å²) in [5.74, 6) is -1.24. The van der Waals surface area contributed by atoms with Gasteiger partial charge >= 0.3 is 5.97 Å². The van der Waals surface area contributed by atoms with Gasteiger partial charge in [-0.3, -0.25) is 4.79 Å². The Labute approximate surface area is 181 Å². The van der Waals surface area contributed by atoms with Crippen molar-refractivity contribution in [3.63, 3.8) is 0 Å². The zero-order valence-electron chi connectivity index (χ0n) is 15.6. The first-order valence-electron chi connectivity index (χ1n) is 8.46. The molecule has 8 nitrogen and oxygen atoms in total. The minimum atomic E-state index is -3.82. The first-order chi connectivity index (χ1) is 14.1. The summed E-state index contributed by atoms with van der Waals surface area (Å²) >= 11 is 7.04. The first-order valence-corrected chi connectivity index (χ1v) is 11.2. The topological polar surface area (TPSA) is 128 Å². The summed E-state index contributed by atoms with van der Waals surface area (Å²) in [6, 6.07) is 12.3. The number of sulfonamides is 1. The normalized spacial score (nSPS) is 11.2. The fourth-order valence-electron chi connectivity index (χ4n) is 2.42. The minimum Gasteiger partial charge on any atom is -0.451 e. The Bertz CT molecular complexity index is 1190. The van der Waals surface area contributed by atoms with Gasteiger partial charge in [0.25, 0.3) is 5.91 Å². The number of hydrogen-bond donors (Lipinski definition) is 2. The third-order valence-electron chi connectivity index (χ3n) is 3.87. The Kier molecular flexibility index (Phi) is 6.52. The van der Waals surface area contributed by atoms with E-state index in [1.54, 1.807) is 31.2 Å². The summed E-state index contributed by atoms with van der Waals surface area (Å²) in [5, 5.41) is 8.75. The Morgan fingerprint density at radius 1 is 1.13 bits per heavy atom. The van der Waals surface area contributed by atoms with Crippen LogP contribution in [0.4, 0.5) is 5.69 Å². The lowest BCUT2D eigenvalue weighted by molar-refractivity contribution is -0.119. The van der Waals surface area contributed by atoms with E-state index in [9.17, 15) is 18.0 Å². The number of primary sulfonamides is 1. The maximum atomic E-state index is 12.3. The van der Waals surface area contributed by atoms with Gasteiger partial charge in [-0.05, 0) is 43.3 Å². The van der Waals surface area contributed by atoms with Crippen LogP contribution in [-0.2, 0) is 19.6 Å². The largest absolute Gasteiger partial charge is 0.451 e. The number of anilines is 1. The molecule has 1 amide bonds. The number of carbonyl (C=O) groups is 2. The molecule has 1 aromatic heterocycles. The number of thiazole rings is 1. The molecule has 0 aliphatic rings. The number of nitrogens with zero attached hydrogens (tertiary/aromatic N) is 1. The summed E-state index contributed by atoms with van der Waals surface area (Å²) in [6.45, 7) is 1.17. The Balaban J connectivity index is 1.60. The number of ether oxygens (including phenoxy) is 1. The lowest BCUT2D eigenvalue weighted by Gasteiger charge is -2.07. The van der Waals surface area contributed by atoms with E-state index in [2.05, 4.69) is 10.3 Å². The summed E-state index contributed by atoms with van der Waals surface area (Å²) in [7, 11) is -3.82. The van der Waals surface area contributed by atoms with Crippen LogP contribution in [0.5, 0.6) is 0 Å². The van der Waals surface area contributed by atoms with Crippen LogP contribution in [-0.4, -0.2) is 31.9 Å². The molecular weight excluding hydrogens is 450 g/mol. The number of nitrogens with one attached hydrogen (secondary N) is 1. The van der Waals surface area contributed by atoms with Gasteiger partial charge in [-0.25, -0.2) is 23.3 Å². The highest BCUT2D eigenvalue weighted by Crippen LogP contribution is 2.29. The standard InChI is InChI=1S/C19H16ClN3O5S2/c1-11-17(29-18(22-11)12-2-4-13(20)5-3-12)19(25)28-10-16(24)23-14-6-8-15(9-7-14)30(21,26)27/h2-9H,10H2,1H3,(H,23,24)(H2,21,26,27). The molecule has 0 bridgehead atoms. The molecule has 3 rings (SSSR count). The molecule has 2 aromatic carbocycles. The maximum Gasteiger partial charge on any atom is 0.350 e. The second-order valence-corrected chi connectivity index (χ2v) is 9.13. The van der Waals surface area contributed by atoms with E-state index in [0.717, 1.165) is 16.9 Å². The van der Waals surface area contributed by atoms with Crippen molar-refractivity contribution in [1.82, 2.24) is 4.98 Å². The predicted molar refractivity (Wildman–Crippen MR) is 114 cm³/mol. The van der Waals surface area contributed by atoms with Crippen LogP contribution in [0.1, 0.15) is 15.4 Å². The van der Waals surface area contributed by atoms with Crippen LogP contribution in [0.3, 0.4) is 0 Å². The molecule has 0 atom stereocenters. The predicted octanol–water partition coefficient (Wildman–Crippen LogP) is 3.21. The Morgan fingerprint density at radius 3 is 2.37 bits per heavy atom. The van der Waals surface area contributed by atoms with Crippen LogP contribution >= 0.6 is 22.9 Å². The number of rotatable bonds is 6. The van der Waals surface area contributed by atoms with Crippen molar-refractivity contribution in [2.45, 2.75) is 11.8 Å². The number of nitrogens with two attached hydrogens (primary N) is 1. The molecule has 3 aromatic rings. The molecular formula is C19H16ClN3O5S2. The van der Waals surface area contributed by atoms with Gasteiger partial charge in [-0.2, -0.15) is 0 Å². The molecule has 0 saturated carbocycles. The van der Waals surface area contributed by atoms with E-state index in [0.29, 0.717) is 26.3 Å². The molecule has 0 spiro atoms. The van der Waals surface area contributed by atoms with Crippen LogP contribution in [0, 0.1) is 6.92 Å². The molecule has 30 heavy (non-hydrogen) atoms. The van der Waals surface area contributed by atoms with Crippen molar-refractivity contribution < 1.29 is 22.7 Å². The number of halogens is 1. The third kappa shape index (κ3) is 5.42. The zero-order valence-corrected chi connectivity index (χ0v) is 18.0. The van der Waals surface area contributed by atoms with Gasteiger partial charge in [0.1, 0.15) is 9.88 Å². The minimum absolute atomic E-state index is 0.0795. The Morgan fingerprint density at radius 2 is 1.77 bits per heavy atom. The van der Waals surface area contributed by atoms with Crippen LogP contribution < -0.4 is 10.5 Å². The lowest BCUT2D eigenvalue weighted by atomic mass is 10.2. The molecule has 156 valence electrons. The number of amides is 1. The molecule has 0 saturated heterocycles. The fraction of sp³-hybridized carbons (Fsp3) is 0.105. The summed E-state index contributed by atoms with van der Waals surface area (Å²) < 4.78 is 27.5. The Hall–Kier alpha value is -2.79. The van der Waals surface area contributed by atoms with E-state index in [1.807, 2.05) is 0 Å². The molecule has 1 heterocycles. The molecule has 0 unspecified atom stereocenters. The number of esters is 1. The van der Waals surface area contributed by atoms with Gasteiger partial charge in [0, 0.05) is 16.3 Å². The summed E-state index contributed by atoms with van der Waals surface area (Å²) in [6.07, 6.45) is 0. The average Bonchev–Trinajstić information content (AvgIpc) is 3.08. The van der Waals surface area contributed by atoms with E-state index >= 15 is 0 Å². The number of aromatic nitrogens is 1. The van der Waals surface area contributed by atoms with Crippen molar-refractivity contribution in [2.24, 2.45) is 5.14 Å². The van der Waals surface area contributed by atoms with Crippen LogP contribution in [0.25, 0.3) is 10.6 Å². The van der Waals surface area contributed by atoms with Gasteiger partial charge in [-0.15, -0.1) is 11.3 Å².